The zero-order valence-electron chi connectivity index (χ0n) is 16.3. The molecule has 0 radical (unpaired) electrons. The number of hydrogen-bond acceptors (Lipinski definition) is 4. The van der Waals surface area contributed by atoms with E-state index in [0.717, 1.165) is 0 Å². The predicted molar refractivity (Wildman–Crippen MR) is 105 cm³/mol. The van der Waals surface area contributed by atoms with E-state index in [2.05, 4.69) is 0 Å². The number of piperidine rings is 1. The maximum absolute atomic E-state index is 13.3. The van der Waals surface area contributed by atoms with Crippen molar-refractivity contribution in [2.45, 2.75) is 33.6 Å². The van der Waals surface area contributed by atoms with Crippen LogP contribution in [0.15, 0.2) is 54.6 Å². The average Bonchev–Trinajstić information content (AvgIpc) is 2.86. The molecule has 2 aromatic carbocycles. The summed E-state index contributed by atoms with van der Waals surface area (Å²) < 4.78 is 5.38. The van der Waals surface area contributed by atoms with E-state index in [1.54, 1.807) is 48.5 Å². The number of imide groups is 1. The van der Waals surface area contributed by atoms with Crippen LogP contribution in [-0.2, 0) is 9.59 Å². The van der Waals surface area contributed by atoms with E-state index in [4.69, 9.17) is 4.74 Å². The predicted octanol–water partition coefficient (Wildman–Crippen LogP) is 4.22. The molecule has 1 saturated carbocycles. The van der Waals surface area contributed by atoms with Crippen molar-refractivity contribution in [2.75, 3.05) is 4.90 Å². The summed E-state index contributed by atoms with van der Waals surface area (Å²) in [5.74, 6) is -0.659. The van der Waals surface area contributed by atoms with Crippen LogP contribution in [0.25, 0.3) is 0 Å². The van der Waals surface area contributed by atoms with Crippen LogP contribution in [-0.4, -0.2) is 17.8 Å². The standard InChI is InChI=1S/C23H23NO4/c1-22(2)18-12-13-23(22,3)21(27)24(19(18)25)16-9-7-8-15(14-16)20(26)28-17-10-5-4-6-11-17/h4-11,14,18H,12-13H2,1-3H3/t18-,23+/m0/s1. The molecule has 0 aromatic heterocycles. The Morgan fingerprint density at radius 2 is 1.75 bits per heavy atom. The largest absolute Gasteiger partial charge is 0.423 e. The Balaban J connectivity index is 1.66. The van der Waals surface area contributed by atoms with Gasteiger partial charge in [0.2, 0.25) is 11.8 Å². The molecule has 1 aliphatic carbocycles. The minimum atomic E-state index is -0.591. The van der Waals surface area contributed by atoms with Crippen LogP contribution in [0.4, 0.5) is 5.69 Å². The SMILES string of the molecule is CC1(C)[C@H]2CC[C@]1(C)C(=O)N(c1cccc(C(=O)Oc3ccccc3)c1)C2=O. The zero-order chi connectivity index (χ0) is 20.1. The molecule has 28 heavy (non-hydrogen) atoms. The van der Waals surface area contributed by atoms with Crippen molar-refractivity contribution >= 4 is 23.5 Å². The molecule has 2 aliphatic rings. The summed E-state index contributed by atoms with van der Waals surface area (Å²) >= 11 is 0. The first-order valence-corrected chi connectivity index (χ1v) is 9.51. The summed E-state index contributed by atoms with van der Waals surface area (Å²) in [6.45, 7) is 5.96. The number of esters is 1. The van der Waals surface area contributed by atoms with Crippen LogP contribution >= 0.6 is 0 Å². The number of anilines is 1. The van der Waals surface area contributed by atoms with E-state index < -0.39 is 11.4 Å². The fourth-order valence-electron chi connectivity index (χ4n) is 4.49. The molecule has 2 amide bonds. The topological polar surface area (TPSA) is 63.7 Å². The van der Waals surface area contributed by atoms with E-state index in [-0.39, 0.29) is 23.1 Å². The highest BCUT2D eigenvalue weighted by atomic mass is 16.5. The molecule has 1 saturated heterocycles. The maximum atomic E-state index is 13.3. The molecular formula is C23H23NO4. The number of para-hydroxylation sites is 1. The lowest BCUT2D eigenvalue weighted by atomic mass is 9.62. The molecule has 0 spiro atoms. The first kappa shape index (κ1) is 18.4. The summed E-state index contributed by atoms with van der Waals surface area (Å²) in [5, 5.41) is 0. The zero-order valence-corrected chi connectivity index (χ0v) is 16.3. The van der Waals surface area contributed by atoms with Crippen molar-refractivity contribution in [3.8, 4) is 5.75 Å². The molecule has 2 atom stereocenters. The quantitative estimate of drug-likeness (QED) is 0.456. The van der Waals surface area contributed by atoms with Crippen LogP contribution in [0, 0.1) is 16.7 Å². The Hall–Kier alpha value is -2.95. The van der Waals surface area contributed by atoms with Gasteiger partial charge in [-0.05, 0) is 48.6 Å². The Labute approximate surface area is 164 Å². The third-order valence-corrected chi connectivity index (χ3v) is 6.71. The van der Waals surface area contributed by atoms with E-state index in [0.29, 0.717) is 29.8 Å². The van der Waals surface area contributed by atoms with E-state index in [9.17, 15) is 14.4 Å². The van der Waals surface area contributed by atoms with Crippen LogP contribution in [0.1, 0.15) is 44.0 Å². The van der Waals surface area contributed by atoms with Crippen molar-refractivity contribution in [1.29, 1.82) is 0 Å². The van der Waals surface area contributed by atoms with Gasteiger partial charge < -0.3 is 4.74 Å². The van der Waals surface area contributed by atoms with Gasteiger partial charge in [0.1, 0.15) is 5.75 Å². The van der Waals surface area contributed by atoms with Crippen LogP contribution in [0.5, 0.6) is 5.75 Å². The molecule has 5 nitrogen and oxygen atoms in total. The smallest absolute Gasteiger partial charge is 0.343 e. The Morgan fingerprint density at radius 3 is 2.46 bits per heavy atom. The fourth-order valence-corrected chi connectivity index (χ4v) is 4.49. The van der Waals surface area contributed by atoms with Gasteiger partial charge in [0, 0.05) is 5.92 Å². The summed E-state index contributed by atoms with van der Waals surface area (Å²) in [6, 6.07) is 15.3. The van der Waals surface area contributed by atoms with Gasteiger partial charge in [0.05, 0.1) is 16.7 Å². The fraction of sp³-hybridized carbons (Fsp3) is 0.348. The molecule has 0 N–H and O–H groups in total. The first-order valence-electron chi connectivity index (χ1n) is 9.51. The van der Waals surface area contributed by atoms with Crippen LogP contribution in [0.3, 0.4) is 0 Å². The van der Waals surface area contributed by atoms with Gasteiger partial charge in [0.25, 0.3) is 0 Å². The van der Waals surface area contributed by atoms with Crippen molar-refractivity contribution < 1.29 is 19.1 Å². The second-order valence-electron chi connectivity index (χ2n) is 8.38. The number of fused-ring (bicyclic) bond motifs is 2. The lowest BCUT2D eigenvalue weighted by Gasteiger charge is -2.47. The second kappa shape index (κ2) is 6.30. The monoisotopic (exact) mass is 377 g/mol. The Kier molecular flexibility index (Phi) is 4.14. The molecule has 2 bridgehead atoms. The molecular weight excluding hydrogens is 354 g/mol. The van der Waals surface area contributed by atoms with Crippen molar-refractivity contribution in [2.24, 2.45) is 16.7 Å². The van der Waals surface area contributed by atoms with Gasteiger partial charge in [-0.25, -0.2) is 9.69 Å². The number of hydrogen-bond donors (Lipinski definition) is 0. The number of benzene rings is 2. The summed E-state index contributed by atoms with van der Waals surface area (Å²) in [5.41, 5.74) is -0.247. The number of nitrogens with zero attached hydrogens (tertiary/aromatic N) is 1. The van der Waals surface area contributed by atoms with Crippen LogP contribution < -0.4 is 9.64 Å². The van der Waals surface area contributed by atoms with Gasteiger partial charge in [0.15, 0.2) is 0 Å². The highest BCUT2D eigenvalue weighted by molar-refractivity contribution is 6.20. The molecule has 5 heteroatoms. The highest BCUT2D eigenvalue weighted by Gasteiger charge is 2.64. The van der Waals surface area contributed by atoms with Gasteiger partial charge >= 0.3 is 5.97 Å². The molecule has 1 aliphatic heterocycles. The first-order chi connectivity index (χ1) is 13.3. The second-order valence-corrected chi connectivity index (χ2v) is 8.38. The van der Waals surface area contributed by atoms with Gasteiger partial charge in [-0.15, -0.1) is 0 Å². The lowest BCUT2D eigenvalue weighted by Crippen LogP contribution is -2.59. The van der Waals surface area contributed by atoms with E-state index in [1.165, 1.54) is 4.90 Å². The number of ether oxygens (including phenoxy) is 1. The van der Waals surface area contributed by atoms with Gasteiger partial charge in [-0.2, -0.15) is 0 Å². The molecule has 4 rings (SSSR count). The summed E-state index contributed by atoms with van der Waals surface area (Å²) in [4.78, 5) is 40.2. The van der Waals surface area contributed by atoms with Crippen LogP contribution in [0.2, 0.25) is 0 Å². The van der Waals surface area contributed by atoms with Crippen molar-refractivity contribution in [1.82, 2.24) is 0 Å². The minimum absolute atomic E-state index is 0.182. The maximum Gasteiger partial charge on any atom is 0.343 e. The molecule has 1 heterocycles. The third kappa shape index (κ3) is 2.57. The Morgan fingerprint density at radius 1 is 1.04 bits per heavy atom. The normalized spacial score (nSPS) is 25.7. The number of amides is 2. The highest BCUT2D eigenvalue weighted by Crippen LogP contribution is 2.60. The molecule has 144 valence electrons. The number of carbonyl (C=O) groups is 3. The molecule has 2 aromatic rings. The van der Waals surface area contributed by atoms with Crippen molar-refractivity contribution in [3.05, 3.63) is 60.2 Å². The molecule has 2 fully saturated rings. The summed E-state index contributed by atoms with van der Waals surface area (Å²) in [7, 11) is 0. The van der Waals surface area contributed by atoms with Gasteiger partial charge in [-0.1, -0.05) is 45.0 Å². The average molecular weight is 377 g/mol. The number of carbonyl (C=O) groups excluding carboxylic acids is 3. The van der Waals surface area contributed by atoms with E-state index >= 15 is 0 Å². The van der Waals surface area contributed by atoms with Crippen molar-refractivity contribution in [3.63, 3.8) is 0 Å². The van der Waals surface area contributed by atoms with E-state index in [1.807, 2.05) is 26.8 Å². The Bertz CT molecular complexity index is 966. The molecule has 0 unspecified atom stereocenters. The lowest BCUT2D eigenvalue weighted by molar-refractivity contribution is -0.146. The van der Waals surface area contributed by atoms with Gasteiger partial charge in [-0.3, -0.25) is 9.59 Å². The third-order valence-electron chi connectivity index (χ3n) is 6.71. The number of rotatable bonds is 3. The minimum Gasteiger partial charge on any atom is -0.423 e. The summed E-state index contributed by atoms with van der Waals surface area (Å²) in [6.07, 6.45) is 1.40.